The zero-order valence-electron chi connectivity index (χ0n) is 15.7. The minimum atomic E-state index is -3.72. The third-order valence-electron chi connectivity index (χ3n) is 4.52. The van der Waals surface area contributed by atoms with Crippen LogP contribution in [0, 0.1) is 0 Å². The Bertz CT molecular complexity index is 1210. The van der Waals surface area contributed by atoms with Crippen molar-refractivity contribution in [3.05, 3.63) is 63.1 Å². The van der Waals surface area contributed by atoms with E-state index in [1.807, 2.05) is 0 Å². The van der Waals surface area contributed by atoms with Gasteiger partial charge in [-0.2, -0.15) is 21.2 Å². The van der Waals surface area contributed by atoms with E-state index in [4.69, 9.17) is 0 Å². The molecule has 1 fully saturated rings. The predicted molar refractivity (Wildman–Crippen MR) is 119 cm³/mol. The maximum absolute atomic E-state index is 13.0. The van der Waals surface area contributed by atoms with Crippen LogP contribution in [0.2, 0.25) is 0 Å². The molecule has 30 heavy (non-hydrogen) atoms. The topological polar surface area (TPSA) is 112 Å². The van der Waals surface area contributed by atoms with Gasteiger partial charge in [0.25, 0.3) is 11.5 Å². The summed E-state index contributed by atoms with van der Waals surface area (Å²) < 4.78 is 27.4. The highest BCUT2D eigenvalue weighted by Crippen LogP contribution is 2.28. The van der Waals surface area contributed by atoms with Crippen molar-refractivity contribution >= 4 is 44.7 Å². The van der Waals surface area contributed by atoms with Gasteiger partial charge in [0.15, 0.2) is 0 Å². The molecule has 4 rings (SSSR count). The monoisotopic (exact) mass is 462 g/mol. The summed E-state index contributed by atoms with van der Waals surface area (Å²) in [6.07, 6.45) is 0. The maximum atomic E-state index is 13.0. The standard InChI is InChI=1S/C19H18N4O4S3/c24-17-5-4-15(21-22-17)13-2-1-3-14(12-13)20-19(25)18-16(6-9-29-18)30(26,27)23-7-10-28-11-8-23/h1-6,9,12H,7-8,10-11H2,(H,20,25)(H,22,24). The normalized spacial score (nSPS) is 15.1. The summed E-state index contributed by atoms with van der Waals surface area (Å²) in [4.78, 5) is 24.3. The number of aromatic nitrogens is 2. The van der Waals surface area contributed by atoms with Crippen LogP contribution < -0.4 is 10.9 Å². The van der Waals surface area contributed by atoms with E-state index < -0.39 is 15.9 Å². The van der Waals surface area contributed by atoms with Gasteiger partial charge in [-0.25, -0.2) is 13.5 Å². The molecule has 1 amide bonds. The summed E-state index contributed by atoms with van der Waals surface area (Å²) in [5, 5.41) is 10.7. The molecule has 1 aliphatic heterocycles. The largest absolute Gasteiger partial charge is 0.321 e. The number of hydrogen-bond donors (Lipinski definition) is 2. The molecule has 0 saturated carbocycles. The smallest absolute Gasteiger partial charge is 0.267 e. The number of nitrogens with one attached hydrogen (secondary N) is 2. The summed E-state index contributed by atoms with van der Waals surface area (Å²) in [6, 6.07) is 11.4. The van der Waals surface area contributed by atoms with Crippen LogP contribution in [0.5, 0.6) is 0 Å². The van der Waals surface area contributed by atoms with E-state index in [2.05, 4.69) is 15.5 Å². The molecule has 0 aliphatic carbocycles. The van der Waals surface area contributed by atoms with E-state index in [-0.39, 0.29) is 15.3 Å². The SMILES string of the molecule is O=C(Nc1cccc(-c2ccc(=O)[nH]n2)c1)c1sccc1S(=O)(=O)N1CCSCC1. The molecule has 1 aromatic carbocycles. The number of thioether (sulfide) groups is 1. The van der Waals surface area contributed by atoms with Gasteiger partial charge in [-0.1, -0.05) is 12.1 Å². The summed E-state index contributed by atoms with van der Waals surface area (Å²) >= 11 is 2.81. The molecule has 11 heteroatoms. The van der Waals surface area contributed by atoms with E-state index in [1.54, 1.807) is 47.5 Å². The summed E-state index contributed by atoms with van der Waals surface area (Å²) in [7, 11) is -3.72. The van der Waals surface area contributed by atoms with E-state index in [0.29, 0.717) is 30.0 Å². The predicted octanol–water partition coefficient (Wildman–Crippen LogP) is 2.49. The molecule has 0 atom stereocenters. The average molecular weight is 463 g/mol. The van der Waals surface area contributed by atoms with Gasteiger partial charge in [-0.15, -0.1) is 11.3 Å². The number of sulfonamides is 1. The Labute approximate surface area is 181 Å². The van der Waals surface area contributed by atoms with Crippen molar-refractivity contribution in [3.8, 4) is 11.3 Å². The highest BCUT2D eigenvalue weighted by molar-refractivity contribution is 7.99. The van der Waals surface area contributed by atoms with E-state index in [9.17, 15) is 18.0 Å². The Morgan fingerprint density at radius 3 is 2.67 bits per heavy atom. The van der Waals surface area contributed by atoms with Gasteiger partial charge in [0.05, 0.1) is 5.69 Å². The molecule has 3 heterocycles. The second-order valence-electron chi connectivity index (χ2n) is 6.47. The molecule has 2 N–H and O–H groups in total. The zero-order chi connectivity index (χ0) is 21.1. The molecule has 0 unspecified atom stereocenters. The first-order chi connectivity index (χ1) is 14.4. The number of carbonyl (C=O) groups is 1. The van der Waals surface area contributed by atoms with Crippen LogP contribution in [-0.2, 0) is 10.0 Å². The number of anilines is 1. The highest BCUT2D eigenvalue weighted by Gasteiger charge is 2.31. The first kappa shape index (κ1) is 20.8. The van der Waals surface area contributed by atoms with Crippen LogP contribution in [0.25, 0.3) is 11.3 Å². The third kappa shape index (κ3) is 4.33. The molecule has 3 aromatic rings. The number of hydrogen-bond acceptors (Lipinski definition) is 7. The van der Waals surface area contributed by atoms with Crippen LogP contribution in [0.4, 0.5) is 5.69 Å². The molecule has 156 valence electrons. The number of rotatable bonds is 5. The van der Waals surface area contributed by atoms with Crippen molar-refractivity contribution in [1.82, 2.24) is 14.5 Å². The number of carbonyl (C=O) groups excluding carboxylic acids is 1. The second-order valence-corrected chi connectivity index (χ2v) is 10.5. The van der Waals surface area contributed by atoms with Crippen molar-refractivity contribution in [1.29, 1.82) is 0 Å². The highest BCUT2D eigenvalue weighted by atomic mass is 32.2. The maximum Gasteiger partial charge on any atom is 0.267 e. The van der Waals surface area contributed by atoms with E-state index in [0.717, 1.165) is 22.8 Å². The summed E-state index contributed by atoms with van der Waals surface area (Å²) in [5.41, 5.74) is 1.44. The van der Waals surface area contributed by atoms with Crippen molar-refractivity contribution < 1.29 is 13.2 Å². The lowest BCUT2D eigenvalue weighted by Gasteiger charge is -2.25. The number of thiophene rings is 1. The van der Waals surface area contributed by atoms with Crippen molar-refractivity contribution in [2.45, 2.75) is 4.90 Å². The molecular weight excluding hydrogens is 444 g/mol. The number of aromatic amines is 1. The number of H-pyrrole nitrogens is 1. The minimum absolute atomic E-state index is 0.0374. The molecule has 0 bridgehead atoms. The first-order valence-electron chi connectivity index (χ1n) is 9.08. The van der Waals surface area contributed by atoms with Gasteiger partial charge in [0, 0.05) is 41.9 Å². The molecule has 1 aliphatic rings. The number of amides is 1. The van der Waals surface area contributed by atoms with Crippen molar-refractivity contribution in [3.63, 3.8) is 0 Å². The quantitative estimate of drug-likeness (QED) is 0.602. The van der Waals surface area contributed by atoms with Crippen LogP contribution in [0.1, 0.15) is 9.67 Å². The van der Waals surface area contributed by atoms with Crippen LogP contribution >= 0.6 is 23.1 Å². The first-order valence-corrected chi connectivity index (χ1v) is 12.6. The number of benzene rings is 1. The molecule has 8 nitrogen and oxygen atoms in total. The van der Waals surface area contributed by atoms with Gasteiger partial charge in [0.1, 0.15) is 9.77 Å². The third-order valence-corrected chi connectivity index (χ3v) is 8.44. The Balaban J connectivity index is 1.57. The van der Waals surface area contributed by atoms with E-state index in [1.165, 1.54) is 16.4 Å². The minimum Gasteiger partial charge on any atom is -0.321 e. The Kier molecular flexibility index (Phi) is 6.04. The van der Waals surface area contributed by atoms with Crippen molar-refractivity contribution in [2.24, 2.45) is 0 Å². The molecular formula is C19H18N4O4S3. The zero-order valence-corrected chi connectivity index (χ0v) is 18.1. The second kappa shape index (κ2) is 8.72. The lowest BCUT2D eigenvalue weighted by molar-refractivity contribution is 0.102. The molecule has 0 radical (unpaired) electrons. The molecule has 1 saturated heterocycles. The van der Waals surface area contributed by atoms with Crippen molar-refractivity contribution in [2.75, 3.05) is 29.9 Å². The van der Waals surface area contributed by atoms with Gasteiger partial charge in [-0.05, 0) is 29.6 Å². The van der Waals surface area contributed by atoms with Gasteiger partial charge < -0.3 is 5.32 Å². The summed E-state index contributed by atoms with van der Waals surface area (Å²) in [6.45, 7) is 0.885. The lowest BCUT2D eigenvalue weighted by atomic mass is 10.1. The Morgan fingerprint density at radius 1 is 1.13 bits per heavy atom. The average Bonchev–Trinajstić information content (AvgIpc) is 3.26. The van der Waals surface area contributed by atoms with Gasteiger partial charge in [-0.3, -0.25) is 9.59 Å². The number of nitrogens with zero attached hydrogens (tertiary/aromatic N) is 2. The lowest BCUT2D eigenvalue weighted by Crippen LogP contribution is -2.38. The fraction of sp³-hybridized carbons (Fsp3) is 0.211. The molecule has 0 spiro atoms. The Hall–Kier alpha value is -2.47. The van der Waals surface area contributed by atoms with Crippen LogP contribution in [-0.4, -0.2) is 53.4 Å². The fourth-order valence-corrected chi connectivity index (χ4v) is 6.91. The summed E-state index contributed by atoms with van der Waals surface area (Å²) in [5.74, 6) is 1.01. The van der Waals surface area contributed by atoms with Crippen LogP contribution in [0.15, 0.2) is 57.5 Å². The fourth-order valence-electron chi connectivity index (χ4n) is 3.04. The van der Waals surface area contributed by atoms with Gasteiger partial charge >= 0.3 is 0 Å². The Morgan fingerprint density at radius 2 is 1.93 bits per heavy atom. The molecule has 2 aromatic heterocycles. The van der Waals surface area contributed by atoms with E-state index >= 15 is 0 Å². The van der Waals surface area contributed by atoms with Crippen LogP contribution in [0.3, 0.4) is 0 Å². The van der Waals surface area contributed by atoms with Gasteiger partial charge in [0.2, 0.25) is 10.0 Å².